The Hall–Kier alpha value is -0.910. The topological polar surface area (TPSA) is 56.2 Å². The first kappa shape index (κ1) is 13.1. The Morgan fingerprint density at radius 2 is 2.00 bits per heavy atom. The fraction of sp³-hybridized carbons (Fsp3) is 0.143. The molecule has 0 saturated carbocycles. The largest absolute Gasteiger partial charge is 0.324 e. The molecule has 0 amide bonds. The zero-order valence-corrected chi connectivity index (χ0v) is 8.69. The lowest BCUT2D eigenvalue weighted by molar-refractivity contribution is 0.617. The van der Waals surface area contributed by atoms with E-state index in [-0.39, 0.29) is 37.2 Å². The van der Waals surface area contributed by atoms with E-state index >= 15 is 0 Å². The van der Waals surface area contributed by atoms with Crippen molar-refractivity contribution in [2.24, 2.45) is 5.73 Å². The summed E-state index contributed by atoms with van der Waals surface area (Å²) in [7, 11) is 0. The molecule has 7 heteroatoms. The van der Waals surface area contributed by atoms with Crippen LogP contribution in [0.25, 0.3) is 5.65 Å². The van der Waals surface area contributed by atoms with E-state index in [1.54, 1.807) is 6.07 Å². The van der Waals surface area contributed by atoms with Crippen LogP contribution >= 0.6 is 24.8 Å². The number of aromatic nitrogens is 3. The number of fused-ring (bicyclic) bond motifs is 1. The van der Waals surface area contributed by atoms with Gasteiger partial charge in [-0.2, -0.15) is 0 Å². The van der Waals surface area contributed by atoms with Crippen LogP contribution in [0.4, 0.5) is 4.39 Å². The van der Waals surface area contributed by atoms with Gasteiger partial charge in [0.1, 0.15) is 5.82 Å². The van der Waals surface area contributed by atoms with Gasteiger partial charge in [0.05, 0.1) is 6.54 Å². The zero-order valence-electron chi connectivity index (χ0n) is 7.05. The first-order valence-corrected chi connectivity index (χ1v) is 3.50. The van der Waals surface area contributed by atoms with Crippen LogP contribution in [-0.4, -0.2) is 14.6 Å². The van der Waals surface area contributed by atoms with Crippen molar-refractivity contribution in [3.05, 3.63) is 30.0 Å². The molecule has 2 rings (SSSR count). The third-order valence-electron chi connectivity index (χ3n) is 1.62. The van der Waals surface area contributed by atoms with E-state index in [1.165, 1.54) is 16.7 Å². The van der Waals surface area contributed by atoms with Gasteiger partial charge in [-0.3, -0.25) is 4.40 Å². The standard InChI is InChI=1S/C7H7FN4.2ClH/c8-5-1-2-6-10-11-7(3-9)12(6)4-5;;/h1-2,4H,3,9H2;2*1H. The third-order valence-corrected chi connectivity index (χ3v) is 1.62. The highest BCUT2D eigenvalue weighted by Crippen LogP contribution is 2.04. The lowest BCUT2D eigenvalue weighted by atomic mass is 10.4. The molecule has 0 saturated heterocycles. The van der Waals surface area contributed by atoms with Crippen LogP contribution in [-0.2, 0) is 6.54 Å². The predicted octanol–water partition coefficient (Wildman–Crippen LogP) is 1.17. The van der Waals surface area contributed by atoms with Crippen molar-refractivity contribution in [2.45, 2.75) is 6.54 Å². The first-order chi connectivity index (χ1) is 5.81. The number of halogens is 3. The quantitative estimate of drug-likeness (QED) is 0.812. The van der Waals surface area contributed by atoms with Gasteiger partial charge in [-0.05, 0) is 12.1 Å². The fourth-order valence-corrected chi connectivity index (χ4v) is 1.05. The minimum absolute atomic E-state index is 0. The molecule has 14 heavy (non-hydrogen) atoms. The molecule has 0 spiro atoms. The number of nitrogens with zero attached hydrogens (tertiary/aromatic N) is 3. The maximum Gasteiger partial charge on any atom is 0.160 e. The molecule has 4 nitrogen and oxygen atoms in total. The van der Waals surface area contributed by atoms with E-state index in [9.17, 15) is 4.39 Å². The Morgan fingerprint density at radius 3 is 2.64 bits per heavy atom. The van der Waals surface area contributed by atoms with Crippen LogP contribution in [0, 0.1) is 5.82 Å². The second kappa shape index (κ2) is 5.09. The normalized spacial score (nSPS) is 9.29. The molecular formula is C7H9Cl2FN4. The number of hydrogen-bond acceptors (Lipinski definition) is 3. The molecule has 0 bridgehead atoms. The van der Waals surface area contributed by atoms with Gasteiger partial charge < -0.3 is 5.73 Å². The molecule has 0 fully saturated rings. The molecule has 0 aromatic carbocycles. The Bertz CT molecular complexity index is 417. The number of nitrogens with two attached hydrogens (primary N) is 1. The zero-order chi connectivity index (χ0) is 8.55. The maximum absolute atomic E-state index is 12.7. The molecule has 78 valence electrons. The van der Waals surface area contributed by atoms with Crippen LogP contribution in [0.3, 0.4) is 0 Å². The maximum atomic E-state index is 12.7. The Balaban J connectivity index is 0.000000845. The predicted molar refractivity (Wildman–Crippen MR) is 55.3 cm³/mol. The molecule has 0 aliphatic heterocycles. The average molecular weight is 239 g/mol. The second-order valence-electron chi connectivity index (χ2n) is 2.40. The van der Waals surface area contributed by atoms with Crippen LogP contribution in [0.5, 0.6) is 0 Å². The SMILES string of the molecule is Cl.Cl.NCc1nnc2ccc(F)cn12. The molecular weight excluding hydrogens is 230 g/mol. The third kappa shape index (κ3) is 2.12. The summed E-state index contributed by atoms with van der Waals surface area (Å²) in [5.41, 5.74) is 5.97. The summed E-state index contributed by atoms with van der Waals surface area (Å²) in [5.74, 6) is 0.238. The molecule has 2 aromatic rings. The van der Waals surface area contributed by atoms with Crippen LogP contribution < -0.4 is 5.73 Å². The molecule has 0 radical (unpaired) electrons. The van der Waals surface area contributed by atoms with Gasteiger partial charge in [-0.15, -0.1) is 35.0 Å². The lowest BCUT2D eigenvalue weighted by Gasteiger charge is -1.94. The molecule has 2 N–H and O–H groups in total. The molecule has 2 aromatic heterocycles. The van der Waals surface area contributed by atoms with Gasteiger partial charge in [-0.1, -0.05) is 0 Å². The minimum atomic E-state index is -0.322. The van der Waals surface area contributed by atoms with E-state index < -0.39 is 0 Å². The van der Waals surface area contributed by atoms with Crippen molar-refractivity contribution in [1.82, 2.24) is 14.6 Å². The highest BCUT2D eigenvalue weighted by molar-refractivity contribution is 5.85. The van der Waals surface area contributed by atoms with Gasteiger partial charge in [0.15, 0.2) is 11.5 Å². The van der Waals surface area contributed by atoms with Gasteiger partial charge in [0, 0.05) is 6.20 Å². The van der Waals surface area contributed by atoms with Crippen LogP contribution in [0.1, 0.15) is 5.82 Å². The highest BCUT2D eigenvalue weighted by Gasteiger charge is 2.02. The van der Waals surface area contributed by atoms with Crippen molar-refractivity contribution in [2.75, 3.05) is 0 Å². The first-order valence-electron chi connectivity index (χ1n) is 3.50. The monoisotopic (exact) mass is 238 g/mol. The summed E-state index contributed by atoms with van der Waals surface area (Å²) in [5, 5.41) is 7.57. The van der Waals surface area contributed by atoms with E-state index in [0.29, 0.717) is 11.5 Å². The summed E-state index contributed by atoms with van der Waals surface area (Å²) in [6.45, 7) is 0.255. The van der Waals surface area contributed by atoms with E-state index in [2.05, 4.69) is 10.2 Å². The molecule has 2 heterocycles. The Morgan fingerprint density at radius 1 is 1.29 bits per heavy atom. The summed E-state index contributed by atoms with van der Waals surface area (Å²) >= 11 is 0. The van der Waals surface area contributed by atoms with Crippen molar-refractivity contribution < 1.29 is 4.39 Å². The summed E-state index contributed by atoms with van der Waals surface area (Å²) in [4.78, 5) is 0. The summed E-state index contributed by atoms with van der Waals surface area (Å²) in [6.07, 6.45) is 1.32. The van der Waals surface area contributed by atoms with E-state index in [1.807, 2.05) is 0 Å². The average Bonchev–Trinajstić information content (AvgIpc) is 2.46. The fourth-order valence-electron chi connectivity index (χ4n) is 1.05. The summed E-state index contributed by atoms with van der Waals surface area (Å²) in [6, 6.07) is 2.89. The van der Waals surface area contributed by atoms with Crippen LogP contribution in [0.15, 0.2) is 18.3 Å². The summed E-state index contributed by atoms with van der Waals surface area (Å²) < 4.78 is 14.3. The van der Waals surface area contributed by atoms with Crippen LogP contribution in [0.2, 0.25) is 0 Å². The van der Waals surface area contributed by atoms with Gasteiger partial charge >= 0.3 is 0 Å². The Labute approximate surface area is 92.1 Å². The van der Waals surface area contributed by atoms with Crippen molar-refractivity contribution >= 4 is 30.5 Å². The second-order valence-corrected chi connectivity index (χ2v) is 2.40. The number of rotatable bonds is 1. The van der Waals surface area contributed by atoms with Gasteiger partial charge in [0.25, 0.3) is 0 Å². The van der Waals surface area contributed by atoms with E-state index in [4.69, 9.17) is 5.73 Å². The molecule has 0 unspecified atom stereocenters. The number of hydrogen-bond donors (Lipinski definition) is 1. The van der Waals surface area contributed by atoms with Crippen molar-refractivity contribution in [3.8, 4) is 0 Å². The van der Waals surface area contributed by atoms with E-state index in [0.717, 1.165) is 0 Å². The van der Waals surface area contributed by atoms with Crippen molar-refractivity contribution in [3.63, 3.8) is 0 Å². The molecule has 0 aliphatic rings. The number of pyridine rings is 1. The lowest BCUT2D eigenvalue weighted by Crippen LogP contribution is -2.02. The highest BCUT2D eigenvalue weighted by atomic mass is 35.5. The Kier molecular flexibility index (Phi) is 4.76. The smallest absolute Gasteiger partial charge is 0.160 e. The minimum Gasteiger partial charge on any atom is -0.324 e. The van der Waals surface area contributed by atoms with Gasteiger partial charge in [0.2, 0.25) is 0 Å². The molecule has 0 aliphatic carbocycles. The van der Waals surface area contributed by atoms with Crippen molar-refractivity contribution in [1.29, 1.82) is 0 Å². The van der Waals surface area contributed by atoms with Gasteiger partial charge in [-0.25, -0.2) is 4.39 Å². The molecule has 0 atom stereocenters.